The van der Waals surface area contributed by atoms with Crippen LogP contribution in [0.3, 0.4) is 0 Å². The molecule has 158 valence electrons. The number of anilines is 1. The lowest BCUT2D eigenvalue weighted by molar-refractivity contribution is 0.0954. The van der Waals surface area contributed by atoms with Crippen LogP contribution in [0.25, 0.3) is 11.0 Å². The monoisotopic (exact) mass is 434 g/mol. The molecule has 4 rings (SSSR count). The molecule has 1 aromatic heterocycles. The summed E-state index contributed by atoms with van der Waals surface area (Å²) < 4.78 is 27.1. The summed E-state index contributed by atoms with van der Waals surface area (Å²) >= 11 is 0. The maximum atomic E-state index is 13.0. The number of imidazole rings is 1. The van der Waals surface area contributed by atoms with E-state index in [4.69, 9.17) is 0 Å². The summed E-state index contributed by atoms with van der Waals surface area (Å²) in [5, 5.41) is 2.82. The average Bonchev–Trinajstić information content (AvgIpc) is 3.22. The van der Waals surface area contributed by atoms with Gasteiger partial charge in [-0.05, 0) is 42.5 Å². The number of fused-ring (bicyclic) bond motifs is 1. The molecule has 8 heteroatoms. The number of nitrogens with zero attached hydrogens (tertiary/aromatic N) is 2. The fraction of sp³-hybridized carbons (Fsp3) is 0.130. The predicted octanol–water partition coefficient (Wildman–Crippen LogP) is 3.36. The maximum absolute atomic E-state index is 13.0. The Hall–Kier alpha value is -3.65. The summed E-state index contributed by atoms with van der Waals surface area (Å²) in [7, 11) is -2.30. The molecule has 0 atom stereocenters. The van der Waals surface area contributed by atoms with Gasteiger partial charge < -0.3 is 10.3 Å². The molecule has 0 radical (unpaired) electrons. The molecule has 0 aliphatic carbocycles. The summed E-state index contributed by atoms with van der Waals surface area (Å²) in [4.78, 5) is 20.3. The van der Waals surface area contributed by atoms with Crippen molar-refractivity contribution in [1.29, 1.82) is 0 Å². The van der Waals surface area contributed by atoms with Crippen LogP contribution in [0.15, 0.2) is 83.8 Å². The van der Waals surface area contributed by atoms with E-state index in [1.54, 1.807) is 36.4 Å². The van der Waals surface area contributed by atoms with E-state index >= 15 is 0 Å². The minimum absolute atomic E-state index is 0.0591. The second-order valence-electron chi connectivity index (χ2n) is 7.04. The SMILES string of the molecule is CN(c1ccccc1)S(=O)(=O)c1cccc(C(=O)NCCc2nc3ccccc3[nH]2)c1. The number of amides is 1. The van der Waals surface area contributed by atoms with Crippen LogP contribution in [0.2, 0.25) is 0 Å². The van der Waals surface area contributed by atoms with Crippen LogP contribution in [-0.2, 0) is 16.4 Å². The zero-order valence-corrected chi connectivity index (χ0v) is 17.8. The Balaban J connectivity index is 1.44. The first-order chi connectivity index (χ1) is 14.9. The highest BCUT2D eigenvalue weighted by atomic mass is 32.2. The summed E-state index contributed by atoms with van der Waals surface area (Å²) in [6.45, 7) is 0.375. The molecule has 0 saturated carbocycles. The minimum Gasteiger partial charge on any atom is -0.352 e. The van der Waals surface area contributed by atoms with Crippen molar-refractivity contribution in [2.24, 2.45) is 0 Å². The van der Waals surface area contributed by atoms with Crippen molar-refractivity contribution < 1.29 is 13.2 Å². The number of aromatic nitrogens is 2. The molecule has 1 amide bonds. The number of hydrogen-bond donors (Lipinski definition) is 2. The molecule has 31 heavy (non-hydrogen) atoms. The molecule has 4 aromatic rings. The third-order valence-corrected chi connectivity index (χ3v) is 6.74. The Morgan fingerprint density at radius 3 is 2.52 bits per heavy atom. The van der Waals surface area contributed by atoms with Gasteiger partial charge in [0.15, 0.2) is 0 Å². The van der Waals surface area contributed by atoms with E-state index in [1.807, 2.05) is 30.3 Å². The minimum atomic E-state index is -3.79. The number of H-pyrrole nitrogens is 1. The lowest BCUT2D eigenvalue weighted by Crippen LogP contribution is -2.28. The normalized spacial score (nSPS) is 11.4. The molecule has 1 heterocycles. The van der Waals surface area contributed by atoms with Gasteiger partial charge in [-0.3, -0.25) is 9.10 Å². The van der Waals surface area contributed by atoms with Crippen LogP contribution in [0.5, 0.6) is 0 Å². The Labute approximate surface area is 180 Å². The Bertz CT molecular complexity index is 1280. The van der Waals surface area contributed by atoms with E-state index in [0.717, 1.165) is 16.9 Å². The predicted molar refractivity (Wildman–Crippen MR) is 121 cm³/mol. The van der Waals surface area contributed by atoms with Crippen molar-refractivity contribution >= 4 is 32.7 Å². The van der Waals surface area contributed by atoms with Gasteiger partial charge in [-0.2, -0.15) is 0 Å². The molecule has 0 aliphatic heterocycles. The maximum Gasteiger partial charge on any atom is 0.264 e. The fourth-order valence-corrected chi connectivity index (χ4v) is 4.50. The van der Waals surface area contributed by atoms with Crippen LogP contribution in [-0.4, -0.2) is 37.9 Å². The molecule has 0 fully saturated rings. The van der Waals surface area contributed by atoms with Gasteiger partial charge in [0, 0.05) is 25.6 Å². The molecule has 3 aromatic carbocycles. The largest absolute Gasteiger partial charge is 0.352 e. The highest BCUT2D eigenvalue weighted by Gasteiger charge is 2.22. The van der Waals surface area contributed by atoms with Gasteiger partial charge in [0.1, 0.15) is 5.82 Å². The quantitative estimate of drug-likeness (QED) is 0.466. The third-order valence-electron chi connectivity index (χ3n) is 4.96. The van der Waals surface area contributed by atoms with Crippen molar-refractivity contribution in [3.63, 3.8) is 0 Å². The van der Waals surface area contributed by atoms with Crippen molar-refractivity contribution in [1.82, 2.24) is 15.3 Å². The summed E-state index contributed by atoms with van der Waals surface area (Å²) in [5.74, 6) is 0.442. The van der Waals surface area contributed by atoms with Crippen molar-refractivity contribution in [2.75, 3.05) is 17.9 Å². The first-order valence-electron chi connectivity index (χ1n) is 9.81. The third kappa shape index (κ3) is 4.44. The van der Waals surface area contributed by atoms with Gasteiger partial charge >= 0.3 is 0 Å². The van der Waals surface area contributed by atoms with Crippen molar-refractivity contribution in [2.45, 2.75) is 11.3 Å². The fourth-order valence-electron chi connectivity index (χ4n) is 3.25. The van der Waals surface area contributed by atoms with Gasteiger partial charge in [0.25, 0.3) is 15.9 Å². The number of para-hydroxylation sites is 3. The van der Waals surface area contributed by atoms with Crippen molar-refractivity contribution in [3.05, 3.63) is 90.3 Å². The van der Waals surface area contributed by atoms with E-state index in [9.17, 15) is 13.2 Å². The second-order valence-corrected chi connectivity index (χ2v) is 9.01. The van der Waals surface area contributed by atoms with Crippen LogP contribution >= 0.6 is 0 Å². The number of carbonyl (C=O) groups is 1. The zero-order chi connectivity index (χ0) is 21.8. The van der Waals surface area contributed by atoms with Crippen LogP contribution in [0.4, 0.5) is 5.69 Å². The lowest BCUT2D eigenvalue weighted by Gasteiger charge is -2.19. The molecule has 0 saturated heterocycles. The Morgan fingerprint density at radius 1 is 1.00 bits per heavy atom. The average molecular weight is 435 g/mol. The molecular formula is C23H22N4O3S. The van der Waals surface area contributed by atoms with Gasteiger partial charge in [0.05, 0.1) is 21.6 Å². The number of aromatic amines is 1. The van der Waals surface area contributed by atoms with E-state index in [2.05, 4.69) is 15.3 Å². The van der Waals surface area contributed by atoms with Gasteiger partial charge in [0.2, 0.25) is 0 Å². The number of nitrogens with one attached hydrogen (secondary N) is 2. The molecule has 2 N–H and O–H groups in total. The topological polar surface area (TPSA) is 95.2 Å². The second kappa shape index (κ2) is 8.61. The van der Waals surface area contributed by atoms with E-state index in [1.165, 1.54) is 23.5 Å². The Kier molecular flexibility index (Phi) is 5.73. The van der Waals surface area contributed by atoms with E-state index < -0.39 is 10.0 Å². The summed E-state index contributed by atoms with van der Waals surface area (Å²) in [6.07, 6.45) is 0.537. The van der Waals surface area contributed by atoms with Gasteiger partial charge in [-0.15, -0.1) is 0 Å². The first kappa shape index (κ1) is 20.6. The standard InChI is InChI=1S/C23H22N4O3S/c1-27(18-9-3-2-4-10-18)31(29,30)19-11-7-8-17(16-19)23(28)24-15-14-22-25-20-12-5-6-13-21(20)26-22/h2-13,16H,14-15H2,1H3,(H,24,28)(H,25,26). The summed E-state index contributed by atoms with van der Waals surface area (Å²) in [6, 6.07) is 22.6. The summed E-state index contributed by atoms with van der Waals surface area (Å²) in [5.41, 5.74) is 2.66. The lowest BCUT2D eigenvalue weighted by atomic mass is 10.2. The van der Waals surface area contributed by atoms with Crippen LogP contribution in [0, 0.1) is 0 Å². The van der Waals surface area contributed by atoms with Crippen LogP contribution in [0.1, 0.15) is 16.2 Å². The zero-order valence-electron chi connectivity index (χ0n) is 16.9. The van der Waals surface area contributed by atoms with Gasteiger partial charge in [-0.25, -0.2) is 13.4 Å². The Morgan fingerprint density at radius 2 is 1.74 bits per heavy atom. The molecule has 7 nitrogen and oxygen atoms in total. The molecular weight excluding hydrogens is 412 g/mol. The number of sulfonamides is 1. The van der Waals surface area contributed by atoms with Crippen molar-refractivity contribution in [3.8, 4) is 0 Å². The van der Waals surface area contributed by atoms with E-state index in [-0.39, 0.29) is 16.4 Å². The molecule has 0 spiro atoms. The van der Waals surface area contributed by atoms with Gasteiger partial charge in [-0.1, -0.05) is 36.4 Å². The first-order valence-corrected chi connectivity index (χ1v) is 11.2. The number of rotatable bonds is 7. The number of carbonyl (C=O) groups excluding carboxylic acids is 1. The number of hydrogen-bond acceptors (Lipinski definition) is 4. The number of benzene rings is 3. The van der Waals surface area contributed by atoms with E-state index in [0.29, 0.717) is 18.7 Å². The molecule has 0 unspecified atom stereocenters. The highest BCUT2D eigenvalue weighted by molar-refractivity contribution is 7.92. The molecule has 0 bridgehead atoms. The van der Waals surface area contributed by atoms with Crippen LogP contribution < -0.4 is 9.62 Å². The molecule has 0 aliphatic rings. The smallest absolute Gasteiger partial charge is 0.264 e. The highest BCUT2D eigenvalue weighted by Crippen LogP contribution is 2.22.